The molecule has 9 heteroatoms. The number of aromatic nitrogens is 2. The summed E-state index contributed by atoms with van der Waals surface area (Å²) in [7, 11) is -3.96. The van der Waals surface area contributed by atoms with E-state index in [9.17, 15) is 18.3 Å². The number of sulfonamides is 1. The number of carboxylic acids is 1. The van der Waals surface area contributed by atoms with Gasteiger partial charge in [0.2, 0.25) is 0 Å². The number of aryl methyl sites for hydroxylation is 1. The molecule has 0 aliphatic rings. The Bertz CT molecular complexity index is 782. The number of anilines is 1. The number of carbonyl (C=O) groups is 1. The molecule has 2 aromatic rings. The van der Waals surface area contributed by atoms with Crippen LogP contribution in [-0.2, 0) is 16.6 Å². The minimum absolute atomic E-state index is 0.262. The molecular weight excluding hydrogens is 298 g/mol. The van der Waals surface area contributed by atoms with Crippen LogP contribution in [0.4, 0.5) is 5.69 Å². The number of nitrogens with one attached hydrogen (secondary N) is 1. The van der Waals surface area contributed by atoms with Crippen molar-refractivity contribution in [3.8, 4) is 5.75 Å². The van der Waals surface area contributed by atoms with E-state index >= 15 is 0 Å². The van der Waals surface area contributed by atoms with E-state index in [1.165, 1.54) is 17.1 Å². The number of hydrogen-bond donors (Lipinski definition) is 3. The second kappa shape index (κ2) is 5.44. The Morgan fingerprint density at radius 2 is 2.14 bits per heavy atom. The van der Waals surface area contributed by atoms with Gasteiger partial charge >= 0.3 is 5.97 Å². The number of benzene rings is 1. The van der Waals surface area contributed by atoms with Crippen LogP contribution in [0.15, 0.2) is 35.5 Å². The van der Waals surface area contributed by atoms with Crippen molar-refractivity contribution in [2.75, 3.05) is 4.72 Å². The van der Waals surface area contributed by atoms with E-state index in [1.54, 1.807) is 0 Å². The molecule has 2 rings (SSSR count). The molecule has 1 aromatic heterocycles. The van der Waals surface area contributed by atoms with Crippen LogP contribution in [0.3, 0.4) is 0 Å². The maximum absolute atomic E-state index is 12.2. The SMILES string of the molecule is CCn1cc(NS(=O)(=O)c2ccc(O)c(C(=O)O)c2)cn1. The van der Waals surface area contributed by atoms with Crippen molar-refractivity contribution in [2.24, 2.45) is 0 Å². The average Bonchev–Trinajstić information content (AvgIpc) is 2.85. The molecule has 21 heavy (non-hydrogen) atoms. The molecule has 0 radical (unpaired) electrons. The molecule has 112 valence electrons. The summed E-state index contributed by atoms with van der Waals surface area (Å²) in [5, 5.41) is 22.2. The number of phenols is 1. The van der Waals surface area contributed by atoms with Crippen molar-refractivity contribution in [1.29, 1.82) is 0 Å². The minimum atomic E-state index is -3.96. The molecule has 0 atom stereocenters. The maximum atomic E-state index is 12.2. The van der Waals surface area contributed by atoms with Crippen molar-refractivity contribution in [1.82, 2.24) is 9.78 Å². The number of carboxylic acid groups (broad SMARTS) is 1. The summed E-state index contributed by atoms with van der Waals surface area (Å²) in [5.41, 5.74) is -0.219. The van der Waals surface area contributed by atoms with Crippen LogP contribution in [0.5, 0.6) is 5.75 Å². The topological polar surface area (TPSA) is 122 Å². The van der Waals surface area contributed by atoms with E-state index in [1.807, 2.05) is 6.92 Å². The van der Waals surface area contributed by atoms with E-state index in [-0.39, 0.29) is 10.6 Å². The Morgan fingerprint density at radius 1 is 1.43 bits per heavy atom. The van der Waals surface area contributed by atoms with Crippen molar-refractivity contribution in [3.63, 3.8) is 0 Å². The lowest BCUT2D eigenvalue weighted by atomic mass is 10.2. The van der Waals surface area contributed by atoms with Crippen LogP contribution in [0, 0.1) is 0 Å². The molecule has 0 spiro atoms. The molecule has 0 fully saturated rings. The fourth-order valence-electron chi connectivity index (χ4n) is 1.66. The van der Waals surface area contributed by atoms with Gasteiger partial charge in [0.05, 0.1) is 16.8 Å². The second-order valence-corrected chi connectivity index (χ2v) is 5.86. The summed E-state index contributed by atoms with van der Waals surface area (Å²) in [4.78, 5) is 10.7. The normalized spacial score (nSPS) is 11.3. The fraction of sp³-hybridized carbons (Fsp3) is 0.167. The lowest BCUT2D eigenvalue weighted by Gasteiger charge is -2.07. The lowest BCUT2D eigenvalue weighted by Crippen LogP contribution is -2.13. The first-order chi connectivity index (χ1) is 9.83. The first-order valence-electron chi connectivity index (χ1n) is 5.95. The van der Waals surface area contributed by atoms with Gasteiger partial charge in [-0.25, -0.2) is 13.2 Å². The second-order valence-electron chi connectivity index (χ2n) is 4.17. The van der Waals surface area contributed by atoms with E-state index in [0.717, 1.165) is 18.2 Å². The van der Waals surface area contributed by atoms with E-state index in [0.29, 0.717) is 6.54 Å². The third-order valence-electron chi connectivity index (χ3n) is 2.72. The smallest absolute Gasteiger partial charge is 0.339 e. The molecule has 0 bridgehead atoms. The van der Waals surface area contributed by atoms with E-state index in [4.69, 9.17) is 5.11 Å². The Balaban J connectivity index is 2.35. The predicted molar refractivity (Wildman–Crippen MR) is 73.8 cm³/mol. The van der Waals surface area contributed by atoms with Crippen LogP contribution in [-0.4, -0.2) is 34.4 Å². The van der Waals surface area contributed by atoms with Crippen molar-refractivity contribution < 1.29 is 23.4 Å². The zero-order valence-corrected chi connectivity index (χ0v) is 11.8. The summed E-state index contributed by atoms with van der Waals surface area (Å²) in [6, 6.07) is 3.03. The van der Waals surface area contributed by atoms with Gasteiger partial charge in [-0.15, -0.1) is 0 Å². The molecule has 0 aliphatic heterocycles. The van der Waals surface area contributed by atoms with Gasteiger partial charge in [-0.05, 0) is 25.1 Å². The number of nitrogens with zero attached hydrogens (tertiary/aromatic N) is 2. The fourth-order valence-corrected chi connectivity index (χ4v) is 2.71. The Kier molecular flexibility index (Phi) is 3.85. The van der Waals surface area contributed by atoms with E-state index < -0.39 is 27.3 Å². The molecule has 1 aromatic carbocycles. The van der Waals surface area contributed by atoms with Gasteiger partial charge < -0.3 is 10.2 Å². The van der Waals surface area contributed by atoms with Gasteiger partial charge in [0.25, 0.3) is 10.0 Å². The van der Waals surface area contributed by atoms with Crippen molar-refractivity contribution in [3.05, 3.63) is 36.2 Å². The molecular formula is C12H13N3O5S. The van der Waals surface area contributed by atoms with Crippen LogP contribution in [0.25, 0.3) is 0 Å². The predicted octanol–water partition coefficient (Wildman–Crippen LogP) is 1.11. The Labute approximate surface area is 120 Å². The summed E-state index contributed by atoms with van der Waals surface area (Å²) >= 11 is 0. The average molecular weight is 311 g/mol. The highest BCUT2D eigenvalue weighted by atomic mass is 32.2. The van der Waals surface area contributed by atoms with Gasteiger partial charge in [-0.1, -0.05) is 0 Å². The molecule has 1 heterocycles. The quantitative estimate of drug-likeness (QED) is 0.760. The highest BCUT2D eigenvalue weighted by molar-refractivity contribution is 7.92. The summed E-state index contributed by atoms with van der Waals surface area (Å²) in [5.74, 6) is -1.91. The zero-order valence-electron chi connectivity index (χ0n) is 11.0. The largest absolute Gasteiger partial charge is 0.507 e. The molecule has 0 unspecified atom stereocenters. The molecule has 3 N–H and O–H groups in total. The standard InChI is InChI=1S/C12H13N3O5S/c1-2-15-7-8(6-13-15)14-21(19,20)9-3-4-11(16)10(5-9)12(17)18/h3-7,14,16H,2H2,1H3,(H,17,18). The maximum Gasteiger partial charge on any atom is 0.339 e. The highest BCUT2D eigenvalue weighted by Gasteiger charge is 2.19. The molecule has 0 amide bonds. The monoisotopic (exact) mass is 311 g/mol. The van der Waals surface area contributed by atoms with Crippen LogP contribution < -0.4 is 4.72 Å². The first kappa shape index (κ1) is 14.9. The lowest BCUT2D eigenvalue weighted by molar-refractivity contribution is 0.0693. The van der Waals surface area contributed by atoms with Crippen molar-refractivity contribution in [2.45, 2.75) is 18.4 Å². The van der Waals surface area contributed by atoms with Crippen LogP contribution in [0.2, 0.25) is 0 Å². The van der Waals surface area contributed by atoms with Crippen LogP contribution in [0.1, 0.15) is 17.3 Å². The summed E-state index contributed by atoms with van der Waals surface area (Å²) in [6.45, 7) is 2.44. The van der Waals surface area contributed by atoms with Gasteiger partial charge in [0, 0.05) is 12.7 Å². The molecule has 0 saturated carbocycles. The Morgan fingerprint density at radius 3 is 2.71 bits per heavy atom. The number of hydrogen-bond acceptors (Lipinski definition) is 5. The summed E-state index contributed by atoms with van der Waals surface area (Å²) < 4.78 is 28.2. The van der Waals surface area contributed by atoms with E-state index in [2.05, 4.69) is 9.82 Å². The summed E-state index contributed by atoms with van der Waals surface area (Å²) in [6.07, 6.45) is 2.86. The Hall–Kier alpha value is -2.55. The van der Waals surface area contributed by atoms with Gasteiger partial charge in [-0.3, -0.25) is 9.40 Å². The number of rotatable bonds is 5. The third kappa shape index (κ3) is 3.14. The molecule has 0 saturated heterocycles. The van der Waals surface area contributed by atoms with Gasteiger partial charge in [0.15, 0.2) is 0 Å². The number of aromatic carboxylic acids is 1. The highest BCUT2D eigenvalue weighted by Crippen LogP contribution is 2.23. The molecule has 0 aliphatic carbocycles. The van der Waals surface area contributed by atoms with Crippen molar-refractivity contribution >= 4 is 21.7 Å². The molecule has 8 nitrogen and oxygen atoms in total. The van der Waals surface area contributed by atoms with Gasteiger partial charge in [-0.2, -0.15) is 5.10 Å². The first-order valence-corrected chi connectivity index (χ1v) is 7.43. The zero-order chi connectivity index (χ0) is 15.6. The van der Waals surface area contributed by atoms with Gasteiger partial charge in [0.1, 0.15) is 11.3 Å². The number of aromatic hydroxyl groups is 1. The third-order valence-corrected chi connectivity index (χ3v) is 4.10. The minimum Gasteiger partial charge on any atom is -0.507 e. The van der Waals surface area contributed by atoms with Crippen LogP contribution >= 0.6 is 0 Å².